The number of hydrogen-bond donors (Lipinski definition) is 1. The van der Waals surface area contributed by atoms with Gasteiger partial charge in [0.15, 0.2) is 22.8 Å². The first-order valence-electron chi connectivity index (χ1n) is 10.3. The quantitative estimate of drug-likeness (QED) is 0.379. The van der Waals surface area contributed by atoms with E-state index in [0.717, 1.165) is 17.0 Å². The van der Waals surface area contributed by atoms with Gasteiger partial charge in [-0.3, -0.25) is 0 Å². The van der Waals surface area contributed by atoms with Crippen molar-refractivity contribution in [3.05, 3.63) is 70.7 Å². The fourth-order valence-electron chi connectivity index (χ4n) is 3.16. The third kappa shape index (κ3) is 5.19. The summed E-state index contributed by atoms with van der Waals surface area (Å²) in [5, 5.41) is 3.27. The second-order valence-corrected chi connectivity index (χ2v) is 7.62. The van der Waals surface area contributed by atoms with E-state index < -0.39 is 23.4 Å². The van der Waals surface area contributed by atoms with Crippen LogP contribution in [0.5, 0.6) is 11.6 Å². The summed E-state index contributed by atoms with van der Waals surface area (Å²) in [5.74, 6) is -0.287. The standard InChI is InChI=1S/C23H20F4N6O/c1-12-13(2)31-21-19(30-12)20(32-14(3)33-21)28-9-8-15-4-6-17(7-5-15)34-22-18(24)10-16(11-29-22)23(25,26)27/h4-7,10-11H,8-9H2,1-3H3,(H,28,31,32,33). The average Bonchev–Trinajstić information content (AvgIpc) is 2.77. The topological polar surface area (TPSA) is 85.7 Å². The van der Waals surface area contributed by atoms with E-state index in [2.05, 4.69) is 30.2 Å². The van der Waals surface area contributed by atoms with Crippen LogP contribution < -0.4 is 10.1 Å². The fraction of sp³-hybridized carbons (Fsp3) is 0.261. The van der Waals surface area contributed by atoms with Gasteiger partial charge in [0, 0.05) is 12.7 Å². The lowest BCUT2D eigenvalue weighted by Gasteiger charge is -2.11. The molecule has 7 nitrogen and oxygen atoms in total. The highest BCUT2D eigenvalue weighted by Gasteiger charge is 2.32. The number of benzene rings is 1. The van der Waals surface area contributed by atoms with E-state index in [9.17, 15) is 17.6 Å². The third-order valence-corrected chi connectivity index (χ3v) is 5.03. The maximum Gasteiger partial charge on any atom is 0.417 e. The highest BCUT2D eigenvalue weighted by Crippen LogP contribution is 2.31. The largest absolute Gasteiger partial charge is 0.436 e. The van der Waals surface area contributed by atoms with Gasteiger partial charge in [-0.2, -0.15) is 13.2 Å². The highest BCUT2D eigenvalue weighted by molar-refractivity contribution is 5.82. The molecule has 4 aromatic rings. The Kier molecular flexibility index (Phi) is 6.27. The number of aryl methyl sites for hydroxylation is 3. The molecule has 3 heterocycles. The number of nitrogens with one attached hydrogen (secondary N) is 1. The first-order chi connectivity index (χ1) is 16.1. The molecule has 34 heavy (non-hydrogen) atoms. The summed E-state index contributed by atoms with van der Waals surface area (Å²) in [6.45, 7) is 6.09. The molecule has 11 heteroatoms. The zero-order chi connectivity index (χ0) is 24.5. The molecule has 0 saturated carbocycles. The Labute approximate surface area is 192 Å². The van der Waals surface area contributed by atoms with E-state index in [1.54, 1.807) is 31.2 Å². The number of anilines is 1. The molecule has 0 amide bonds. The second-order valence-electron chi connectivity index (χ2n) is 7.62. The van der Waals surface area contributed by atoms with Crippen molar-refractivity contribution in [3.63, 3.8) is 0 Å². The predicted molar refractivity (Wildman–Crippen MR) is 117 cm³/mol. The van der Waals surface area contributed by atoms with Crippen molar-refractivity contribution in [1.29, 1.82) is 0 Å². The van der Waals surface area contributed by atoms with Crippen molar-refractivity contribution in [3.8, 4) is 11.6 Å². The summed E-state index contributed by atoms with van der Waals surface area (Å²) in [5.41, 5.74) is 2.52. The van der Waals surface area contributed by atoms with E-state index in [1.807, 2.05) is 13.8 Å². The first-order valence-corrected chi connectivity index (χ1v) is 10.3. The minimum absolute atomic E-state index is 0.251. The van der Waals surface area contributed by atoms with E-state index in [-0.39, 0.29) is 5.75 Å². The van der Waals surface area contributed by atoms with E-state index in [1.165, 1.54) is 0 Å². The van der Waals surface area contributed by atoms with Crippen LogP contribution in [-0.2, 0) is 12.6 Å². The summed E-state index contributed by atoms with van der Waals surface area (Å²) >= 11 is 0. The van der Waals surface area contributed by atoms with Gasteiger partial charge in [0.25, 0.3) is 5.88 Å². The van der Waals surface area contributed by atoms with Gasteiger partial charge in [-0.05, 0) is 51.0 Å². The van der Waals surface area contributed by atoms with Gasteiger partial charge in [0.1, 0.15) is 11.6 Å². The van der Waals surface area contributed by atoms with Crippen LogP contribution in [0, 0.1) is 26.6 Å². The molecule has 0 fully saturated rings. The van der Waals surface area contributed by atoms with Crippen LogP contribution >= 0.6 is 0 Å². The smallest absolute Gasteiger partial charge is 0.417 e. The van der Waals surface area contributed by atoms with E-state index >= 15 is 0 Å². The molecule has 0 atom stereocenters. The zero-order valence-electron chi connectivity index (χ0n) is 18.5. The van der Waals surface area contributed by atoms with Crippen LogP contribution in [0.1, 0.15) is 28.3 Å². The lowest BCUT2D eigenvalue weighted by molar-refractivity contribution is -0.138. The van der Waals surface area contributed by atoms with Crippen LogP contribution in [-0.4, -0.2) is 31.5 Å². The molecule has 0 bridgehead atoms. The van der Waals surface area contributed by atoms with Crippen LogP contribution in [0.15, 0.2) is 36.5 Å². The fourth-order valence-corrected chi connectivity index (χ4v) is 3.16. The molecule has 0 saturated heterocycles. The van der Waals surface area contributed by atoms with Crippen LogP contribution in [0.4, 0.5) is 23.4 Å². The molecule has 0 unspecified atom stereocenters. The number of rotatable bonds is 6. The van der Waals surface area contributed by atoms with Gasteiger partial charge in [-0.25, -0.2) is 29.3 Å². The number of aromatic nitrogens is 5. The number of pyridine rings is 1. The summed E-state index contributed by atoms with van der Waals surface area (Å²) < 4.78 is 57.2. The molecule has 0 aliphatic rings. The second kappa shape index (κ2) is 9.16. The Morgan fingerprint density at radius 2 is 1.65 bits per heavy atom. The van der Waals surface area contributed by atoms with Gasteiger partial charge in [-0.1, -0.05) is 12.1 Å². The molecule has 0 aliphatic carbocycles. The van der Waals surface area contributed by atoms with Crippen molar-refractivity contribution >= 4 is 17.0 Å². The molecule has 1 N–H and O–H groups in total. The molecular weight excluding hydrogens is 452 g/mol. The Hall–Kier alpha value is -3.89. The maximum absolute atomic E-state index is 13.9. The Morgan fingerprint density at radius 3 is 2.32 bits per heavy atom. The normalized spacial score (nSPS) is 11.6. The van der Waals surface area contributed by atoms with Crippen molar-refractivity contribution < 1.29 is 22.3 Å². The number of fused-ring (bicyclic) bond motifs is 1. The molecule has 0 aliphatic heterocycles. The summed E-state index contributed by atoms with van der Waals surface area (Å²) in [6.07, 6.45) is -3.51. The van der Waals surface area contributed by atoms with Gasteiger partial charge in [0.05, 0.1) is 17.0 Å². The first kappa shape index (κ1) is 23.3. The van der Waals surface area contributed by atoms with E-state index in [0.29, 0.717) is 48.0 Å². The third-order valence-electron chi connectivity index (χ3n) is 5.03. The molecule has 0 radical (unpaired) electrons. The molecule has 3 aromatic heterocycles. The van der Waals surface area contributed by atoms with Crippen LogP contribution in [0.2, 0.25) is 0 Å². The Morgan fingerprint density at radius 1 is 0.941 bits per heavy atom. The molecule has 1 aromatic carbocycles. The van der Waals surface area contributed by atoms with E-state index in [4.69, 9.17) is 4.74 Å². The van der Waals surface area contributed by atoms with Crippen molar-refractivity contribution in [2.75, 3.05) is 11.9 Å². The van der Waals surface area contributed by atoms with Gasteiger partial charge >= 0.3 is 6.18 Å². The number of hydrogen-bond acceptors (Lipinski definition) is 7. The lowest BCUT2D eigenvalue weighted by atomic mass is 10.1. The minimum atomic E-state index is -4.68. The monoisotopic (exact) mass is 472 g/mol. The van der Waals surface area contributed by atoms with Crippen LogP contribution in [0.25, 0.3) is 11.2 Å². The van der Waals surface area contributed by atoms with Gasteiger partial charge in [-0.15, -0.1) is 0 Å². The number of ether oxygens (including phenoxy) is 1. The van der Waals surface area contributed by atoms with Gasteiger partial charge in [0.2, 0.25) is 0 Å². The lowest BCUT2D eigenvalue weighted by Crippen LogP contribution is -2.10. The maximum atomic E-state index is 13.9. The molecule has 0 spiro atoms. The van der Waals surface area contributed by atoms with Crippen molar-refractivity contribution in [2.45, 2.75) is 33.4 Å². The van der Waals surface area contributed by atoms with Crippen molar-refractivity contribution in [2.24, 2.45) is 0 Å². The summed E-state index contributed by atoms with van der Waals surface area (Å²) in [6, 6.07) is 7.09. The van der Waals surface area contributed by atoms with Gasteiger partial charge < -0.3 is 10.1 Å². The summed E-state index contributed by atoms with van der Waals surface area (Å²) in [7, 11) is 0. The Bertz CT molecular complexity index is 1340. The molecule has 4 rings (SSSR count). The number of alkyl halides is 3. The molecule has 176 valence electrons. The summed E-state index contributed by atoms with van der Waals surface area (Å²) in [4.78, 5) is 21.2. The SMILES string of the molecule is Cc1nc(NCCc2ccc(Oc3ncc(C(F)(F)F)cc3F)cc2)c2nc(C)c(C)nc2n1. The predicted octanol–water partition coefficient (Wildman–Crippen LogP) is 5.34. The Balaban J connectivity index is 1.40. The van der Waals surface area contributed by atoms with Crippen molar-refractivity contribution in [1.82, 2.24) is 24.9 Å². The zero-order valence-corrected chi connectivity index (χ0v) is 18.5. The minimum Gasteiger partial charge on any atom is -0.436 e. The molecular formula is C23H20F4N6O. The highest BCUT2D eigenvalue weighted by atomic mass is 19.4. The average molecular weight is 472 g/mol. The number of halogens is 4. The van der Waals surface area contributed by atoms with Crippen LogP contribution in [0.3, 0.4) is 0 Å². The number of nitrogens with zero attached hydrogens (tertiary/aromatic N) is 5.